The molecule has 2 aromatic rings. The number of hydrogen-bond acceptors (Lipinski definition) is 3. The number of fused-ring (bicyclic) bond motifs is 1. The second-order valence-electron chi connectivity index (χ2n) is 6.23. The zero-order valence-electron chi connectivity index (χ0n) is 11.8. The number of aromatic nitrogens is 2. The van der Waals surface area contributed by atoms with E-state index in [1.807, 2.05) is 19.3 Å². The summed E-state index contributed by atoms with van der Waals surface area (Å²) >= 11 is 0. The predicted octanol–water partition coefficient (Wildman–Crippen LogP) is 2.56. The molecule has 4 rings (SSSR count). The molecule has 0 radical (unpaired) electrons. The van der Waals surface area contributed by atoms with Crippen molar-refractivity contribution < 1.29 is 0 Å². The quantitative estimate of drug-likeness (QED) is 0.854. The molecule has 1 aliphatic heterocycles. The zero-order chi connectivity index (χ0) is 13.6. The van der Waals surface area contributed by atoms with Gasteiger partial charge < -0.3 is 0 Å². The topological polar surface area (TPSA) is 29.0 Å². The van der Waals surface area contributed by atoms with Gasteiger partial charge in [0.05, 0.1) is 0 Å². The predicted molar refractivity (Wildman–Crippen MR) is 78.3 cm³/mol. The van der Waals surface area contributed by atoms with Gasteiger partial charge in [-0.15, -0.1) is 0 Å². The van der Waals surface area contributed by atoms with Gasteiger partial charge in [0.25, 0.3) is 0 Å². The summed E-state index contributed by atoms with van der Waals surface area (Å²) in [6.45, 7) is 5.37. The van der Waals surface area contributed by atoms with Gasteiger partial charge in [0.2, 0.25) is 0 Å². The first-order valence-electron chi connectivity index (χ1n) is 7.32. The number of benzene rings is 1. The molecule has 20 heavy (non-hydrogen) atoms. The summed E-state index contributed by atoms with van der Waals surface area (Å²) < 4.78 is 0. The van der Waals surface area contributed by atoms with Crippen LogP contribution in [0.3, 0.4) is 0 Å². The van der Waals surface area contributed by atoms with Crippen LogP contribution in [0.25, 0.3) is 0 Å². The molecule has 1 aromatic carbocycles. The lowest BCUT2D eigenvalue weighted by molar-refractivity contribution is 0.290. The van der Waals surface area contributed by atoms with E-state index in [0.717, 1.165) is 24.8 Å². The van der Waals surface area contributed by atoms with Gasteiger partial charge in [0.1, 0.15) is 5.82 Å². The first-order chi connectivity index (χ1) is 9.76. The van der Waals surface area contributed by atoms with Crippen molar-refractivity contribution in [3.05, 3.63) is 59.7 Å². The third kappa shape index (κ3) is 1.93. The van der Waals surface area contributed by atoms with Gasteiger partial charge in [-0.2, -0.15) is 0 Å². The van der Waals surface area contributed by atoms with Crippen molar-refractivity contribution >= 4 is 0 Å². The SMILES string of the molecule is Cc1ncc([C@]23C[C@H]2CN(Cc2ccccc2)C3)cn1. The van der Waals surface area contributed by atoms with E-state index in [4.69, 9.17) is 0 Å². The van der Waals surface area contributed by atoms with Gasteiger partial charge in [0.15, 0.2) is 0 Å². The van der Waals surface area contributed by atoms with Gasteiger partial charge in [-0.05, 0) is 30.4 Å². The van der Waals surface area contributed by atoms with Gasteiger partial charge in [-0.25, -0.2) is 9.97 Å². The van der Waals surface area contributed by atoms with E-state index in [2.05, 4.69) is 45.2 Å². The maximum atomic E-state index is 4.37. The Balaban J connectivity index is 1.50. The van der Waals surface area contributed by atoms with E-state index in [1.165, 1.54) is 24.1 Å². The minimum atomic E-state index is 0.350. The highest BCUT2D eigenvalue weighted by Gasteiger charge is 2.60. The van der Waals surface area contributed by atoms with Crippen molar-refractivity contribution in [1.82, 2.24) is 14.9 Å². The maximum Gasteiger partial charge on any atom is 0.125 e. The van der Waals surface area contributed by atoms with Crippen LogP contribution in [-0.2, 0) is 12.0 Å². The number of rotatable bonds is 3. The van der Waals surface area contributed by atoms with Gasteiger partial charge in [-0.3, -0.25) is 4.90 Å². The summed E-state index contributed by atoms with van der Waals surface area (Å²) in [5.74, 6) is 1.67. The monoisotopic (exact) mass is 265 g/mol. The molecule has 0 N–H and O–H groups in total. The Hall–Kier alpha value is -1.74. The highest BCUT2D eigenvalue weighted by atomic mass is 15.2. The Bertz CT molecular complexity index is 608. The molecule has 0 amide bonds. The molecule has 2 fully saturated rings. The summed E-state index contributed by atoms with van der Waals surface area (Å²) in [4.78, 5) is 11.3. The summed E-state index contributed by atoms with van der Waals surface area (Å²) in [5.41, 5.74) is 3.09. The van der Waals surface area contributed by atoms with Crippen LogP contribution in [0.1, 0.15) is 23.4 Å². The van der Waals surface area contributed by atoms with Crippen molar-refractivity contribution in [2.45, 2.75) is 25.3 Å². The van der Waals surface area contributed by atoms with Gasteiger partial charge >= 0.3 is 0 Å². The van der Waals surface area contributed by atoms with Crippen LogP contribution in [0.15, 0.2) is 42.7 Å². The van der Waals surface area contributed by atoms with Crippen LogP contribution in [0.5, 0.6) is 0 Å². The minimum Gasteiger partial charge on any atom is -0.298 e. The van der Waals surface area contributed by atoms with Crippen molar-refractivity contribution in [2.24, 2.45) is 5.92 Å². The smallest absolute Gasteiger partial charge is 0.125 e. The standard InChI is InChI=1S/C17H19N3/c1-13-18-8-16(9-19-13)17-7-15(17)11-20(12-17)10-14-5-3-2-4-6-14/h2-6,8-9,15H,7,10-12H2,1H3/t15-,17-/m0/s1. The second kappa shape index (κ2) is 4.38. The molecule has 2 heterocycles. The van der Waals surface area contributed by atoms with E-state index >= 15 is 0 Å². The number of piperidine rings is 1. The normalized spacial score (nSPS) is 28.4. The lowest BCUT2D eigenvalue weighted by Gasteiger charge is -2.20. The van der Waals surface area contributed by atoms with Crippen LogP contribution in [-0.4, -0.2) is 28.0 Å². The zero-order valence-corrected chi connectivity index (χ0v) is 11.8. The van der Waals surface area contributed by atoms with Crippen LogP contribution in [0, 0.1) is 12.8 Å². The molecule has 1 aliphatic carbocycles. The van der Waals surface area contributed by atoms with Crippen molar-refractivity contribution in [2.75, 3.05) is 13.1 Å². The highest BCUT2D eigenvalue weighted by Crippen LogP contribution is 2.58. The Labute approximate surface area is 119 Å². The first-order valence-corrected chi connectivity index (χ1v) is 7.32. The number of nitrogens with zero attached hydrogens (tertiary/aromatic N) is 3. The average Bonchev–Trinajstić information content (AvgIpc) is 3.04. The summed E-state index contributed by atoms with van der Waals surface area (Å²) in [5, 5.41) is 0. The highest BCUT2D eigenvalue weighted by molar-refractivity contribution is 5.34. The molecule has 0 unspecified atom stereocenters. The van der Waals surface area contributed by atoms with Gasteiger partial charge in [0, 0.05) is 37.4 Å². The molecule has 1 aromatic heterocycles. The van der Waals surface area contributed by atoms with Crippen LogP contribution in [0.4, 0.5) is 0 Å². The lowest BCUT2D eigenvalue weighted by Crippen LogP contribution is -2.26. The Kier molecular flexibility index (Phi) is 2.64. The molecule has 3 heteroatoms. The molecule has 102 valence electrons. The molecule has 2 aliphatic rings. The molecule has 0 bridgehead atoms. The maximum absolute atomic E-state index is 4.37. The van der Waals surface area contributed by atoms with E-state index in [9.17, 15) is 0 Å². The number of hydrogen-bond donors (Lipinski definition) is 0. The van der Waals surface area contributed by atoms with E-state index < -0.39 is 0 Å². The summed E-state index contributed by atoms with van der Waals surface area (Å²) in [6.07, 6.45) is 5.38. The molecule has 3 nitrogen and oxygen atoms in total. The Morgan fingerprint density at radius 1 is 1.20 bits per heavy atom. The van der Waals surface area contributed by atoms with Crippen molar-refractivity contribution in [3.63, 3.8) is 0 Å². The third-order valence-electron chi connectivity index (χ3n) is 4.82. The number of aryl methyl sites for hydroxylation is 1. The Morgan fingerprint density at radius 3 is 2.70 bits per heavy atom. The molecule has 2 atom stereocenters. The van der Waals surface area contributed by atoms with E-state index in [1.54, 1.807) is 0 Å². The van der Waals surface area contributed by atoms with Crippen molar-refractivity contribution in [1.29, 1.82) is 0 Å². The molecular formula is C17H19N3. The number of likely N-dealkylation sites (tertiary alicyclic amines) is 1. The molecule has 1 saturated carbocycles. The molecular weight excluding hydrogens is 246 g/mol. The van der Waals surface area contributed by atoms with Crippen LogP contribution >= 0.6 is 0 Å². The third-order valence-corrected chi connectivity index (χ3v) is 4.82. The van der Waals surface area contributed by atoms with E-state index in [-0.39, 0.29) is 0 Å². The van der Waals surface area contributed by atoms with Crippen LogP contribution in [0.2, 0.25) is 0 Å². The largest absolute Gasteiger partial charge is 0.298 e. The fraction of sp³-hybridized carbons (Fsp3) is 0.412. The summed E-state index contributed by atoms with van der Waals surface area (Å²) in [6, 6.07) is 10.7. The Morgan fingerprint density at radius 2 is 1.95 bits per heavy atom. The minimum absolute atomic E-state index is 0.350. The molecule has 1 saturated heterocycles. The average molecular weight is 265 g/mol. The fourth-order valence-electron chi connectivity index (χ4n) is 3.65. The van der Waals surface area contributed by atoms with E-state index in [0.29, 0.717) is 5.41 Å². The van der Waals surface area contributed by atoms with Crippen molar-refractivity contribution in [3.8, 4) is 0 Å². The van der Waals surface area contributed by atoms with Crippen LogP contribution < -0.4 is 0 Å². The lowest BCUT2D eigenvalue weighted by atomic mass is 9.98. The summed E-state index contributed by atoms with van der Waals surface area (Å²) in [7, 11) is 0. The molecule has 0 spiro atoms. The second-order valence-corrected chi connectivity index (χ2v) is 6.23. The van der Waals surface area contributed by atoms with Gasteiger partial charge in [-0.1, -0.05) is 30.3 Å². The first kappa shape index (κ1) is 12.0. The fourth-order valence-corrected chi connectivity index (χ4v) is 3.65.